The van der Waals surface area contributed by atoms with Crippen LogP contribution in [-0.4, -0.2) is 41.6 Å². The van der Waals surface area contributed by atoms with E-state index in [1.54, 1.807) is 19.1 Å². The van der Waals surface area contributed by atoms with Gasteiger partial charge in [0.2, 0.25) is 0 Å². The first-order valence-corrected chi connectivity index (χ1v) is 7.10. The second-order valence-corrected chi connectivity index (χ2v) is 6.06. The van der Waals surface area contributed by atoms with Crippen LogP contribution in [0.3, 0.4) is 0 Å². The maximum atomic E-state index is 12.1. The largest absolute Gasteiger partial charge is 0.482 e. The lowest BCUT2D eigenvalue weighted by Gasteiger charge is -2.20. The van der Waals surface area contributed by atoms with Gasteiger partial charge in [-0.1, -0.05) is 17.7 Å². The molecule has 0 aromatic heterocycles. The molecular formula is C15H18ClNO4. The Bertz CT molecular complexity index is 575. The third kappa shape index (κ3) is 3.47. The molecule has 1 amide bonds. The molecule has 1 aliphatic rings. The summed E-state index contributed by atoms with van der Waals surface area (Å²) in [5.41, 5.74) is 0.123. The van der Waals surface area contributed by atoms with Crippen LogP contribution in [0.2, 0.25) is 5.02 Å². The molecule has 0 spiro atoms. The van der Waals surface area contributed by atoms with Gasteiger partial charge in [0.25, 0.3) is 5.91 Å². The molecule has 114 valence electrons. The van der Waals surface area contributed by atoms with E-state index in [2.05, 4.69) is 0 Å². The lowest BCUT2D eigenvalue weighted by Crippen LogP contribution is -2.37. The number of carboxylic acid groups (broad SMARTS) is 1. The molecular weight excluding hydrogens is 294 g/mol. The number of carbonyl (C=O) groups excluding carboxylic acids is 1. The summed E-state index contributed by atoms with van der Waals surface area (Å²) >= 11 is 6.00. The van der Waals surface area contributed by atoms with Crippen LogP contribution in [0.5, 0.6) is 5.75 Å². The van der Waals surface area contributed by atoms with E-state index in [1.807, 2.05) is 13.0 Å². The zero-order chi connectivity index (χ0) is 15.6. The van der Waals surface area contributed by atoms with Crippen molar-refractivity contribution in [3.05, 3.63) is 28.8 Å². The maximum absolute atomic E-state index is 12.1. The summed E-state index contributed by atoms with van der Waals surface area (Å²) < 4.78 is 5.45. The van der Waals surface area contributed by atoms with E-state index < -0.39 is 11.4 Å². The van der Waals surface area contributed by atoms with Crippen molar-refractivity contribution < 1.29 is 19.4 Å². The number of carbonyl (C=O) groups is 2. The van der Waals surface area contributed by atoms with Gasteiger partial charge in [-0.2, -0.15) is 0 Å². The second kappa shape index (κ2) is 5.93. The molecule has 0 radical (unpaired) electrons. The number of ether oxygens (including phenoxy) is 1. The van der Waals surface area contributed by atoms with Crippen LogP contribution in [0.1, 0.15) is 18.9 Å². The van der Waals surface area contributed by atoms with Crippen molar-refractivity contribution in [1.82, 2.24) is 4.90 Å². The third-order valence-electron chi connectivity index (χ3n) is 3.78. The van der Waals surface area contributed by atoms with Gasteiger partial charge >= 0.3 is 5.97 Å². The molecule has 1 aromatic carbocycles. The number of amides is 1. The molecule has 0 saturated carbocycles. The molecule has 1 aromatic rings. The van der Waals surface area contributed by atoms with Crippen LogP contribution in [0.4, 0.5) is 0 Å². The van der Waals surface area contributed by atoms with Gasteiger partial charge < -0.3 is 14.7 Å². The van der Waals surface area contributed by atoms with E-state index >= 15 is 0 Å². The van der Waals surface area contributed by atoms with E-state index in [4.69, 9.17) is 21.4 Å². The Labute approximate surface area is 128 Å². The molecule has 1 unspecified atom stereocenters. The molecule has 2 rings (SSSR count). The Balaban J connectivity index is 1.94. The highest BCUT2D eigenvalue weighted by atomic mass is 35.5. The van der Waals surface area contributed by atoms with Crippen molar-refractivity contribution in [2.24, 2.45) is 5.41 Å². The lowest BCUT2D eigenvalue weighted by atomic mass is 9.90. The molecule has 1 atom stereocenters. The van der Waals surface area contributed by atoms with E-state index in [9.17, 15) is 9.59 Å². The maximum Gasteiger partial charge on any atom is 0.311 e. The molecule has 0 bridgehead atoms. The Morgan fingerprint density at radius 1 is 1.48 bits per heavy atom. The smallest absolute Gasteiger partial charge is 0.311 e. The Morgan fingerprint density at radius 3 is 2.81 bits per heavy atom. The second-order valence-electron chi connectivity index (χ2n) is 5.65. The van der Waals surface area contributed by atoms with E-state index in [-0.39, 0.29) is 19.1 Å². The first kappa shape index (κ1) is 15.6. The monoisotopic (exact) mass is 311 g/mol. The summed E-state index contributed by atoms with van der Waals surface area (Å²) in [6.45, 7) is 4.07. The highest BCUT2D eigenvalue weighted by Gasteiger charge is 2.42. The first-order valence-electron chi connectivity index (χ1n) is 6.72. The van der Waals surface area contributed by atoms with Gasteiger partial charge in [-0.05, 0) is 38.0 Å². The van der Waals surface area contributed by atoms with Gasteiger partial charge in [0.1, 0.15) is 5.75 Å². The van der Waals surface area contributed by atoms with Crippen molar-refractivity contribution in [2.45, 2.75) is 20.3 Å². The van der Waals surface area contributed by atoms with Crippen LogP contribution in [-0.2, 0) is 9.59 Å². The lowest BCUT2D eigenvalue weighted by molar-refractivity contribution is -0.147. The topological polar surface area (TPSA) is 66.8 Å². The van der Waals surface area contributed by atoms with Crippen molar-refractivity contribution in [3.8, 4) is 5.75 Å². The molecule has 6 heteroatoms. The molecule has 21 heavy (non-hydrogen) atoms. The summed E-state index contributed by atoms with van der Waals surface area (Å²) in [5.74, 6) is -0.636. The third-order valence-corrected chi connectivity index (χ3v) is 4.09. The predicted molar refractivity (Wildman–Crippen MR) is 78.6 cm³/mol. The molecule has 0 aliphatic carbocycles. The van der Waals surface area contributed by atoms with Crippen molar-refractivity contribution in [1.29, 1.82) is 0 Å². The van der Waals surface area contributed by atoms with Crippen LogP contribution < -0.4 is 4.74 Å². The summed E-state index contributed by atoms with van der Waals surface area (Å²) in [7, 11) is 0. The summed E-state index contributed by atoms with van der Waals surface area (Å²) in [6, 6.07) is 5.34. The fourth-order valence-electron chi connectivity index (χ4n) is 2.30. The van der Waals surface area contributed by atoms with Gasteiger partial charge in [0.05, 0.1) is 10.4 Å². The van der Waals surface area contributed by atoms with Crippen molar-refractivity contribution >= 4 is 23.5 Å². The summed E-state index contributed by atoms with van der Waals surface area (Å²) in [5, 5.41) is 9.61. The number of hydrogen-bond donors (Lipinski definition) is 1. The predicted octanol–water partition coefficient (Wildman–Crippen LogP) is 2.35. The number of benzene rings is 1. The highest BCUT2D eigenvalue weighted by molar-refractivity contribution is 6.32. The first-order chi connectivity index (χ1) is 9.82. The average Bonchev–Trinajstić information content (AvgIpc) is 2.84. The fraction of sp³-hybridized carbons (Fsp3) is 0.467. The number of aliphatic carboxylic acids is 1. The van der Waals surface area contributed by atoms with Crippen molar-refractivity contribution in [2.75, 3.05) is 19.7 Å². The van der Waals surface area contributed by atoms with Crippen molar-refractivity contribution in [3.63, 3.8) is 0 Å². The number of hydrogen-bond acceptors (Lipinski definition) is 3. The molecule has 1 saturated heterocycles. The Hall–Kier alpha value is -1.75. The zero-order valence-corrected chi connectivity index (χ0v) is 12.8. The number of likely N-dealkylation sites (tertiary alicyclic amines) is 1. The minimum absolute atomic E-state index is 0.140. The summed E-state index contributed by atoms with van der Waals surface area (Å²) in [4.78, 5) is 24.8. The van der Waals surface area contributed by atoms with Gasteiger partial charge in [-0.25, -0.2) is 0 Å². The molecule has 5 nitrogen and oxygen atoms in total. The van der Waals surface area contributed by atoms with E-state index in [0.29, 0.717) is 23.7 Å². The van der Waals surface area contributed by atoms with Crippen LogP contribution >= 0.6 is 11.6 Å². The van der Waals surface area contributed by atoms with Gasteiger partial charge in [-0.3, -0.25) is 9.59 Å². The minimum Gasteiger partial charge on any atom is -0.482 e. The van der Waals surface area contributed by atoms with Gasteiger partial charge in [-0.15, -0.1) is 0 Å². The quantitative estimate of drug-likeness (QED) is 0.927. The number of carboxylic acids is 1. The highest BCUT2D eigenvalue weighted by Crippen LogP contribution is 2.30. The summed E-state index contributed by atoms with van der Waals surface area (Å²) in [6.07, 6.45) is 0.458. The zero-order valence-electron chi connectivity index (χ0n) is 12.1. The fourth-order valence-corrected chi connectivity index (χ4v) is 2.47. The SMILES string of the molecule is Cc1ccc(Cl)c(OCC(=O)N2CCC(C)(C(=O)O)C2)c1. The molecule has 1 aliphatic heterocycles. The van der Waals surface area contributed by atoms with Crippen LogP contribution in [0.25, 0.3) is 0 Å². The standard InChI is InChI=1S/C15H18ClNO4/c1-10-3-4-11(16)12(7-10)21-8-13(18)17-6-5-15(2,9-17)14(19)20/h3-4,7H,5-6,8-9H2,1-2H3,(H,19,20). The van der Waals surface area contributed by atoms with E-state index in [0.717, 1.165) is 5.56 Å². The average molecular weight is 312 g/mol. The number of halogens is 1. The number of aryl methyl sites for hydroxylation is 1. The molecule has 1 fully saturated rings. The normalized spacial score (nSPS) is 21.4. The van der Waals surface area contributed by atoms with Gasteiger partial charge in [0.15, 0.2) is 6.61 Å². The molecule has 1 heterocycles. The van der Waals surface area contributed by atoms with Crippen LogP contribution in [0, 0.1) is 12.3 Å². The Morgan fingerprint density at radius 2 is 2.19 bits per heavy atom. The Kier molecular flexibility index (Phi) is 4.42. The minimum atomic E-state index is -0.875. The van der Waals surface area contributed by atoms with E-state index in [1.165, 1.54) is 4.90 Å². The number of rotatable bonds is 4. The van der Waals surface area contributed by atoms with Crippen LogP contribution in [0.15, 0.2) is 18.2 Å². The van der Waals surface area contributed by atoms with Gasteiger partial charge in [0, 0.05) is 13.1 Å². The molecule has 1 N–H and O–H groups in total. The number of nitrogens with zero attached hydrogens (tertiary/aromatic N) is 1.